The zero-order chi connectivity index (χ0) is 20.7. The van der Waals surface area contributed by atoms with Crippen molar-refractivity contribution in [2.45, 2.75) is 13.1 Å². The van der Waals surface area contributed by atoms with E-state index >= 15 is 0 Å². The Labute approximate surface area is 181 Å². The van der Waals surface area contributed by atoms with Crippen LogP contribution in [0.3, 0.4) is 0 Å². The lowest BCUT2D eigenvalue weighted by atomic mass is 10.0. The van der Waals surface area contributed by atoms with Gasteiger partial charge in [0.05, 0.1) is 5.56 Å². The second kappa shape index (κ2) is 8.04. The number of halogens is 1. The Hall–Kier alpha value is -2.38. The summed E-state index contributed by atoms with van der Waals surface area (Å²) in [4.78, 5) is 20.8. The van der Waals surface area contributed by atoms with Crippen LogP contribution in [0.25, 0.3) is 22.2 Å². The van der Waals surface area contributed by atoms with Crippen molar-refractivity contribution in [2.75, 3.05) is 39.3 Å². The molecular weight excluding hydrogens is 398 g/mol. The van der Waals surface area contributed by atoms with Crippen molar-refractivity contribution < 1.29 is 4.79 Å². The van der Waals surface area contributed by atoms with Gasteiger partial charge in [0.25, 0.3) is 5.91 Å². The first-order valence-corrected chi connectivity index (χ1v) is 10.9. The minimum atomic E-state index is -0.0596. The second-order valence-electron chi connectivity index (χ2n) is 8.14. The summed E-state index contributed by atoms with van der Waals surface area (Å²) >= 11 is 6.30. The molecule has 156 valence electrons. The van der Waals surface area contributed by atoms with E-state index in [0.29, 0.717) is 17.1 Å². The highest BCUT2D eigenvalue weighted by atomic mass is 35.5. The largest absolute Gasteiger partial charge is 0.355 e. The van der Waals surface area contributed by atoms with Crippen LogP contribution in [0, 0.1) is 0 Å². The van der Waals surface area contributed by atoms with Gasteiger partial charge in [-0.25, -0.2) is 0 Å². The molecule has 2 aliphatic rings. The molecule has 3 heterocycles. The molecule has 0 aliphatic carbocycles. The van der Waals surface area contributed by atoms with Gasteiger partial charge in [-0.3, -0.25) is 14.6 Å². The minimum Gasteiger partial charge on any atom is -0.355 e. The Balaban J connectivity index is 1.38. The van der Waals surface area contributed by atoms with Gasteiger partial charge >= 0.3 is 0 Å². The first-order valence-electron chi connectivity index (χ1n) is 10.5. The van der Waals surface area contributed by atoms with Crippen molar-refractivity contribution >= 4 is 28.4 Å². The van der Waals surface area contributed by atoms with E-state index in [1.165, 1.54) is 5.56 Å². The fourth-order valence-corrected chi connectivity index (χ4v) is 4.80. The van der Waals surface area contributed by atoms with Gasteiger partial charge < -0.3 is 16.0 Å². The molecule has 1 saturated heterocycles. The third-order valence-corrected chi connectivity index (χ3v) is 6.55. The maximum Gasteiger partial charge on any atom is 0.252 e. The van der Waals surface area contributed by atoms with Crippen LogP contribution in [0.1, 0.15) is 21.5 Å². The average molecular weight is 424 g/mol. The van der Waals surface area contributed by atoms with Gasteiger partial charge in [-0.1, -0.05) is 23.7 Å². The van der Waals surface area contributed by atoms with Crippen LogP contribution < -0.4 is 11.1 Å². The number of aromatic amines is 1. The molecule has 0 radical (unpaired) electrons. The fraction of sp³-hybridized carbons (Fsp3) is 0.348. The molecule has 4 N–H and O–H groups in total. The van der Waals surface area contributed by atoms with Crippen molar-refractivity contribution in [3.63, 3.8) is 0 Å². The first kappa shape index (κ1) is 19.6. The minimum absolute atomic E-state index is 0.0596. The molecule has 0 unspecified atom stereocenters. The highest BCUT2D eigenvalue weighted by Crippen LogP contribution is 2.34. The molecule has 0 saturated carbocycles. The van der Waals surface area contributed by atoms with Crippen LogP contribution in [-0.4, -0.2) is 60.0 Å². The quantitative estimate of drug-likeness (QED) is 0.589. The summed E-state index contributed by atoms with van der Waals surface area (Å²) in [7, 11) is 0. The highest BCUT2D eigenvalue weighted by molar-refractivity contribution is 6.32. The van der Waals surface area contributed by atoms with Crippen molar-refractivity contribution in [1.29, 1.82) is 0 Å². The van der Waals surface area contributed by atoms with Crippen molar-refractivity contribution in [3.8, 4) is 11.3 Å². The number of nitrogens with two attached hydrogens (primary N) is 1. The summed E-state index contributed by atoms with van der Waals surface area (Å²) in [6.45, 7) is 7.46. The number of hydrogen-bond acceptors (Lipinski definition) is 4. The van der Waals surface area contributed by atoms with Gasteiger partial charge in [0, 0.05) is 85.1 Å². The standard InChI is InChI=1S/C23H26ClN5O/c24-19-3-2-17(22-18(19)13-26-23(22)30)21-12-16-11-15(1-4-20(16)27-21)14-29-9-7-28(6-5-25)8-10-29/h1-4,11-12,27H,5-10,13-14,25H2,(H,26,30). The van der Waals surface area contributed by atoms with Gasteiger partial charge in [-0.2, -0.15) is 0 Å². The molecule has 1 fully saturated rings. The molecule has 30 heavy (non-hydrogen) atoms. The van der Waals surface area contributed by atoms with E-state index in [1.54, 1.807) is 0 Å². The van der Waals surface area contributed by atoms with E-state index in [2.05, 4.69) is 44.4 Å². The van der Waals surface area contributed by atoms with Crippen LogP contribution >= 0.6 is 11.6 Å². The summed E-state index contributed by atoms with van der Waals surface area (Å²) < 4.78 is 0. The monoisotopic (exact) mass is 423 g/mol. The molecule has 5 rings (SSSR count). The number of aromatic nitrogens is 1. The normalized spacial score (nSPS) is 17.5. The molecule has 0 bridgehead atoms. The summed E-state index contributed by atoms with van der Waals surface area (Å²) in [5.41, 5.74) is 11.5. The number of carbonyl (C=O) groups excluding carboxylic acids is 1. The second-order valence-corrected chi connectivity index (χ2v) is 8.55. The molecule has 1 aromatic heterocycles. The Bertz CT molecular complexity index is 1100. The zero-order valence-electron chi connectivity index (χ0n) is 16.9. The lowest BCUT2D eigenvalue weighted by Gasteiger charge is -2.34. The number of piperazine rings is 1. The maximum atomic E-state index is 12.4. The van der Waals surface area contributed by atoms with E-state index < -0.39 is 0 Å². The van der Waals surface area contributed by atoms with Crippen LogP contribution in [0.15, 0.2) is 36.4 Å². The van der Waals surface area contributed by atoms with Gasteiger partial charge in [0.2, 0.25) is 0 Å². The number of benzene rings is 2. The van der Waals surface area contributed by atoms with Crippen molar-refractivity contribution in [2.24, 2.45) is 5.73 Å². The van der Waals surface area contributed by atoms with E-state index in [1.807, 2.05) is 12.1 Å². The van der Waals surface area contributed by atoms with E-state index in [4.69, 9.17) is 17.3 Å². The average Bonchev–Trinajstić information content (AvgIpc) is 3.34. The van der Waals surface area contributed by atoms with Crippen LogP contribution in [0.4, 0.5) is 0 Å². The van der Waals surface area contributed by atoms with E-state index in [-0.39, 0.29) is 5.91 Å². The molecule has 2 aromatic carbocycles. The number of hydrogen-bond donors (Lipinski definition) is 3. The molecule has 0 spiro atoms. The summed E-state index contributed by atoms with van der Waals surface area (Å²) in [6, 6.07) is 12.5. The molecule has 2 aliphatic heterocycles. The predicted molar refractivity (Wildman–Crippen MR) is 121 cm³/mol. The number of nitrogens with one attached hydrogen (secondary N) is 2. The summed E-state index contributed by atoms with van der Waals surface area (Å²) in [6.07, 6.45) is 0. The van der Waals surface area contributed by atoms with E-state index in [0.717, 1.165) is 73.5 Å². The van der Waals surface area contributed by atoms with Gasteiger partial charge in [-0.15, -0.1) is 0 Å². The van der Waals surface area contributed by atoms with E-state index in [9.17, 15) is 4.79 Å². The number of amides is 1. The SMILES string of the molecule is NCCN1CCN(Cc2ccc3[nH]c(-c4ccc(Cl)c5c4C(=O)NC5)cc3c2)CC1. The van der Waals surface area contributed by atoms with Crippen LogP contribution in [0.5, 0.6) is 0 Å². The molecule has 6 nitrogen and oxygen atoms in total. The summed E-state index contributed by atoms with van der Waals surface area (Å²) in [5.74, 6) is -0.0596. The Kier molecular flexibility index (Phi) is 5.25. The smallest absolute Gasteiger partial charge is 0.252 e. The van der Waals surface area contributed by atoms with Gasteiger partial charge in [-0.05, 0) is 29.8 Å². The predicted octanol–water partition coefficient (Wildman–Crippen LogP) is 2.81. The number of fused-ring (bicyclic) bond motifs is 2. The van der Waals surface area contributed by atoms with Gasteiger partial charge in [0.15, 0.2) is 0 Å². The Morgan fingerprint density at radius 3 is 2.63 bits per heavy atom. The van der Waals surface area contributed by atoms with Crippen LogP contribution in [-0.2, 0) is 13.1 Å². The maximum absolute atomic E-state index is 12.4. The molecule has 1 amide bonds. The fourth-order valence-electron chi connectivity index (χ4n) is 4.57. The molecule has 3 aromatic rings. The third-order valence-electron chi connectivity index (χ3n) is 6.20. The van der Waals surface area contributed by atoms with Crippen LogP contribution in [0.2, 0.25) is 5.02 Å². The number of H-pyrrole nitrogens is 1. The lowest BCUT2D eigenvalue weighted by molar-refractivity contribution is 0.0966. The number of rotatable bonds is 5. The third kappa shape index (κ3) is 3.61. The lowest BCUT2D eigenvalue weighted by Crippen LogP contribution is -2.47. The number of nitrogens with zero attached hydrogens (tertiary/aromatic N) is 2. The van der Waals surface area contributed by atoms with Crippen molar-refractivity contribution in [3.05, 3.63) is 58.1 Å². The zero-order valence-corrected chi connectivity index (χ0v) is 17.6. The molecule has 7 heteroatoms. The number of carbonyl (C=O) groups is 1. The Morgan fingerprint density at radius 2 is 1.83 bits per heavy atom. The highest BCUT2D eigenvalue weighted by Gasteiger charge is 2.26. The van der Waals surface area contributed by atoms with Gasteiger partial charge in [0.1, 0.15) is 0 Å². The molecule has 0 atom stereocenters. The molecular formula is C23H26ClN5O. The summed E-state index contributed by atoms with van der Waals surface area (Å²) in [5, 5.41) is 4.68. The Morgan fingerprint density at radius 1 is 1.03 bits per heavy atom. The first-order chi connectivity index (χ1) is 14.6. The topological polar surface area (TPSA) is 77.4 Å². The van der Waals surface area contributed by atoms with Crippen molar-refractivity contribution in [1.82, 2.24) is 20.1 Å².